The molecule has 0 radical (unpaired) electrons. The summed E-state index contributed by atoms with van der Waals surface area (Å²) < 4.78 is 4.73. The molecule has 0 aliphatic carbocycles. The first-order chi connectivity index (χ1) is 15.1. The summed E-state index contributed by atoms with van der Waals surface area (Å²) in [7, 11) is 1.31. The average molecular weight is 437 g/mol. The van der Waals surface area contributed by atoms with Crippen LogP contribution in [-0.4, -0.2) is 42.3 Å². The van der Waals surface area contributed by atoms with Gasteiger partial charge in [0.25, 0.3) is 5.91 Å². The van der Waals surface area contributed by atoms with Gasteiger partial charge < -0.3 is 15.0 Å². The van der Waals surface area contributed by atoms with Crippen LogP contribution in [0.1, 0.15) is 39.3 Å². The van der Waals surface area contributed by atoms with Crippen molar-refractivity contribution < 1.29 is 14.3 Å². The number of carbonyl (C=O) groups excluding carboxylic acids is 2. The zero-order valence-electron chi connectivity index (χ0n) is 17.3. The number of benzene rings is 1. The second-order valence-corrected chi connectivity index (χ2v) is 8.42. The number of aromatic nitrogens is 2. The van der Waals surface area contributed by atoms with Crippen LogP contribution < -0.4 is 10.2 Å². The number of rotatable bonds is 6. The first-order valence-corrected chi connectivity index (χ1v) is 11.1. The summed E-state index contributed by atoms with van der Waals surface area (Å²) in [5, 5.41) is 13.2. The van der Waals surface area contributed by atoms with Crippen molar-refractivity contribution in [1.82, 2.24) is 10.2 Å². The highest BCUT2D eigenvalue weighted by molar-refractivity contribution is 7.14. The van der Waals surface area contributed by atoms with E-state index >= 15 is 0 Å². The van der Waals surface area contributed by atoms with Gasteiger partial charge in [0.1, 0.15) is 5.00 Å². The number of anilines is 2. The molecular formula is C23H24N4O3S. The molecular weight excluding hydrogens is 412 g/mol. The van der Waals surface area contributed by atoms with Gasteiger partial charge in [0.2, 0.25) is 0 Å². The molecule has 160 valence electrons. The molecule has 31 heavy (non-hydrogen) atoms. The van der Waals surface area contributed by atoms with E-state index in [9.17, 15) is 9.59 Å². The molecule has 0 spiro atoms. The highest BCUT2D eigenvalue weighted by atomic mass is 32.1. The zero-order chi connectivity index (χ0) is 21.6. The molecule has 0 unspecified atom stereocenters. The van der Waals surface area contributed by atoms with Crippen molar-refractivity contribution in [3.63, 3.8) is 0 Å². The van der Waals surface area contributed by atoms with Crippen molar-refractivity contribution >= 4 is 34.0 Å². The Labute approximate surface area is 185 Å². The summed E-state index contributed by atoms with van der Waals surface area (Å²) in [6.45, 7) is 1.85. The number of nitrogens with one attached hydrogen (secondary N) is 1. The smallest absolute Gasteiger partial charge is 0.340 e. The van der Waals surface area contributed by atoms with Crippen molar-refractivity contribution in [2.24, 2.45) is 5.92 Å². The number of esters is 1. The SMILES string of the molecule is COC(=O)c1ccsc1NC(=O)c1ccc(N2CCC(Cc3ccccc3)CC2)nn1. The molecule has 1 saturated heterocycles. The Morgan fingerprint density at radius 1 is 1.10 bits per heavy atom. The van der Waals surface area contributed by atoms with Gasteiger partial charge in [-0.3, -0.25) is 4.79 Å². The van der Waals surface area contributed by atoms with Gasteiger partial charge in [-0.25, -0.2) is 4.79 Å². The molecule has 7 nitrogen and oxygen atoms in total. The fourth-order valence-corrected chi connectivity index (χ4v) is 4.54. The number of methoxy groups -OCH3 is 1. The number of thiophene rings is 1. The van der Waals surface area contributed by atoms with Crippen LogP contribution in [0, 0.1) is 5.92 Å². The molecule has 2 aromatic heterocycles. The third kappa shape index (κ3) is 5.08. The molecule has 0 atom stereocenters. The van der Waals surface area contributed by atoms with Gasteiger partial charge in [-0.15, -0.1) is 21.5 Å². The number of ether oxygens (including phenoxy) is 1. The predicted octanol–water partition coefficient (Wildman–Crippen LogP) is 4.04. The second-order valence-electron chi connectivity index (χ2n) is 7.51. The van der Waals surface area contributed by atoms with Crippen molar-refractivity contribution in [2.75, 3.05) is 30.4 Å². The van der Waals surface area contributed by atoms with E-state index in [4.69, 9.17) is 4.74 Å². The lowest BCUT2D eigenvalue weighted by atomic mass is 9.90. The van der Waals surface area contributed by atoms with Crippen molar-refractivity contribution in [2.45, 2.75) is 19.3 Å². The first-order valence-electron chi connectivity index (χ1n) is 10.2. The second kappa shape index (κ2) is 9.70. The Morgan fingerprint density at radius 2 is 1.87 bits per heavy atom. The number of nitrogens with zero attached hydrogens (tertiary/aromatic N) is 3. The van der Waals surface area contributed by atoms with Crippen LogP contribution in [-0.2, 0) is 11.2 Å². The molecule has 1 aliphatic heterocycles. The Morgan fingerprint density at radius 3 is 2.55 bits per heavy atom. The molecule has 1 aliphatic rings. The monoisotopic (exact) mass is 436 g/mol. The largest absolute Gasteiger partial charge is 0.465 e. The minimum atomic E-state index is -0.492. The van der Waals surface area contributed by atoms with Gasteiger partial charge in [-0.2, -0.15) is 0 Å². The maximum atomic E-state index is 12.5. The number of piperidine rings is 1. The van der Waals surface area contributed by atoms with Gasteiger partial charge in [0.05, 0.1) is 12.7 Å². The Bertz CT molecular complexity index is 1030. The number of hydrogen-bond donors (Lipinski definition) is 1. The molecule has 0 saturated carbocycles. The molecule has 1 N–H and O–H groups in total. The highest BCUT2D eigenvalue weighted by Gasteiger charge is 2.22. The minimum Gasteiger partial charge on any atom is -0.465 e. The van der Waals surface area contributed by atoms with E-state index in [1.165, 1.54) is 24.0 Å². The molecule has 8 heteroatoms. The predicted molar refractivity (Wildman–Crippen MR) is 121 cm³/mol. The fraction of sp³-hybridized carbons (Fsp3) is 0.304. The van der Waals surface area contributed by atoms with Gasteiger partial charge >= 0.3 is 5.97 Å². The lowest BCUT2D eigenvalue weighted by molar-refractivity contribution is 0.0602. The van der Waals surface area contributed by atoms with E-state index in [0.29, 0.717) is 16.5 Å². The van der Waals surface area contributed by atoms with E-state index in [2.05, 4.69) is 44.7 Å². The maximum Gasteiger partial charge on any atom is 0.340 e. The third-order valence-corrected chi connectivity index (χ3v) is 6.32. The Balaban J connectivity index is 1.33. The van der Waals surface area contributed by atoms with Crippen LogP contribution in [0.15, 0.2) is 53.9 Å². The molecule has 1 aromatic carbocycles. The lowest BCUT2D eigenvalue weighted by Gasteiger charge is -2.32. The topological polar surface area (TPSA) is 84.4 Å². The summed E-state index contributed by atoms with van der Waals surface area (Å²) in [5.74, 6) is 0.550. The third-order valence-electron chi connectivity index (χ3n) is 5.49. The molecule has 1 amide bonds. The van der Waals surface area contributed by atoms with Crippen molar-refractivity contribution in [1.29, 1.82) is 0 Å². The van der Waals surface area contributed by atoms with Crippen LogP contribution in [0.5, 0.6) is 0 Å². The van der Waals surface area contributed by atoms with Crippen molar-refractivity contribution in [3.05, 3.63) is 70.7 Å². The molecule has 4 rings (SSSR count). The molecule has 0 bridgehead atoms. The van der Waals surface area contributed by atoms with Gasteiger partial charge in [-0.1, -0.05) is 30.3 Å². The van der Waals surface area contributed by atoms with Crippen molar-refractivity contribution in [3.8, 4) is 0 Å². The maximum absolute atomic E-state index is 12.5. The van der Waals surface area contributed by atoms with E-state index in [-0.39, 0.29) is 5.69 Å². The molecule has 3 aromatic rings. The van der Waals surface area contributed by atoms with Crippen LogP contribution in [0.25, 0.3) is 0 Å². The Hall–Kier alpha value is -3.26. The van der Waals surface area contributed by atoms with Gasteiger partial charge in [0.15, 0.2) is 11.5 Å². The highest BCUT2D eigenvalue weighted by Crippen LogP contribution is 2.26. The summed E-state index contributed by atoms with van der Waals surface area (Å²) in [4.78, 5) is 26.5. The summed E-state index contributed by atoms with van der Waals surface area (Å²) in [6.07, 6.45) is 3.32. The summed E-state index contributed by atoms with van der Waals surface area (Å²) >= 11 is 1.25. The summed E-state index contributed by atoms with van der Waals surface area (Å²) in [5.41, 5.74) is 1.91. The molecule has 1 fully saturated rings. The number of carbonyl (C=O) groups is 2. The normalized spacial score (nSPS) is 14.3. The van der Waals surface area contributed by atoms with Gasteiger partial charge in [0, 0.05) is 13.1 Å². The molecule has 3 heterocycles. The van der Waals surface area contributed by atoms with Crippen LogP contribution in [0.3, 0.4) is 0 Å². The average Bonchev–Trinajstić information content (AvgIpc) is 3.28. The standard InChI is InChI=1S/C23H24N4O3S/c1-30-23(29)18-11-14-31-22(18)24-21(28)19-7-8-20(26-25-19)27-12-9-17(10-13-27)15-16-5-3-2-4-6-16/h2-8,11,14,17H,9-10,12-13,15H2,1H3,(H,24,28). The first kappa shape index (κ1) is 21.0. The number of hydrogen-bond acceptors (Lipinski definition) is 7. The van der Waals surface area contributed by atoms with Gasteiger partial charge in [-0.05, 0) is 54.3 Å². The van der Waals surface area contributed by atoms with E-state index < -0.39 is 11.9 Å². The van der Waals surface area contributed by atoms with E-state index in [0.717, 1.165) is 38.2 Å². The quantitative estimate of drug-likeness (QED) is 0.587. The van der Waals surface area contributed by atoms with Crippen LogP contribution >= 0.6 is 11.3 Å². The van der Waals surface area contributed by atoms with Crippen LogP contribution in [0.2, 0.25) is 0 Å². The van der Waals surface area contributed by atoms with Crippen LogP contribution in [0.4, 0.5) is 10.8 Å². The zero-order valence-corrected chi connectivity index (χ0v) is 18.1. The number of amides is 1. The van der Waals surface area contributed by atoms with E-state index in [1.807, 2.05) is 12.1 Å². The minimum absolute atomic E-state index is 0.201. The summed E-state index contributed by atoms with van der Waals surface area (Å²) in [6, 6.07) is 15.7. The Kier molecular flexibility index (Phi) is 6.57. The van der Waals surface area contributed by atoms with E-state index in [1.54, 1.807) is 17.5 Å². The fourth-order valence-electron chi connectivity index (χ4n) is 3.77. The lowest BCUT2D eigenvalue weighted by Crippen LogP contribution is -2.35.